The number of ether oxygens (including phenoxy) is 1. The molecule has 0 fully saturated rings. The first-order valence-electron chi connectivity index (χ1n) is 6.85. The van der Waals surface area contributed by atoms with E-state index in [-0.39, 0.29) is 5.38 Å². The number of unbranched alkanes of at least 4 members (excludes halogenated alkanes) is 1. The van der Waals surface area contributed by atoms with E-state index in [9.17, 15) is 4.79 Å². The zero-order valence-corrected chi connectivity index (χ0v) is 16.5. The molecule has 0 amide bonds. The van der Waals surface area contributed by atoms with Gasteiger partial charge in [0, 0.05) is 0 Å². The average molecular weight is 421 g/mol. The summed E-state index contributed by atoms with van der Waals surface area (Å²) in [7, 11) is 0. The number of carbonyl (C=O) groups excluding carboxylic acids is 1. The highest BCUT2D eigenvalue weighted by Crippen LogP contribution is 2.32. The van der Waals surface area contributed by atoms with Crippen molar-refractivity contribution in [2.45, 2.75) is 72.0 Å². The zero-order chi connectivity index (χ0) is 16.6. The standard InChI is InChI=1S/C13H20Cl6O2/c1-3-5-7-8(14)10(16)11(9(15)6-4-2)21-12(20)13(17,18)19/h8-11H,3-7H2,1-2H3/t8-,9+,10+,11+/m0/s1. The number of carbonyl (C=O) groups is 1. The summed E-state index contributed by atoms with van der Waals surface area (Å²) in [5, 5.41) is -1.52. The Hall–Kier alpha value is 1.21. The molecule has 0 bridgehead atoms. The number of hydrogen-bond acceptors (Lipinski definition) is 2. The molecule has 0 aliphatic heterocycles. The summed E-state index contributed by atoms with van der Waals surface area (Å²) < 4.78 is 3.05. The molecule has 2 nitrogen and oxygen atoms in total. The van der Waals surface area contributed by atoms with E-state index in [0.29, 0.717) is 12.8 Å². The molecule has 0 aliphatic carbocycles. The van der Waals surface area contributed by atoms with Crippen molar-refractivity contribution < 1.29 is 9.53 Å². The lowest BCUT2D eigenvalue weighted by molar-refractivity contribution is -0.148. The molecule has 0 rings (SSSR count). The van der Waals surface area contributed by atoms with E-state index < -0.39 is 26.6 Å². The van der Waals surface area contributed by atoms with Crippen LogP contribution >= 0.6 is 69.6 Å². The fourth-order valence-corrected chi connectivity index (χ4v) is 3.02. The second-order valence-corrected chi connectivity index (χ2v) is 8.68. The Bertz CT molecular complexity index is 308. The third-order valence-electron chi connectivity index (χ3n) is 2.89. The van der Waals surface area contributed by atoms with Crippen LogP contribution in [0.2, 0.25) is 0 Å². The second-order valence-electron chi connectivity index (χ2n) is 4.78. The van der Waals surface area contributed by atoms with Crippen LogP contribution < -0.4 is 0 Å². The van der Waals surface area contributed by atoms with Crippen molar-refractivity contribution in [1.82, 2.24) is 0 Å². The molecule has 0 N–H and O–H groups in total. The minimum absolute atomic E-state index is 0.377. The Morgan fingerprint density at radius 2 is 1.57 bits per heavy atom. The third-order valence-corrected chi connectivity index (χ3v) is 4.99. The van der Waals surface area contributed by atoms with Gasteiger partial charge in [0.05, 0.1) is 16.1 Å². The van der Waals surface area contributed by atoms with Crippen molar-refractivity contribution in [3.8, 4) is 0 Å². The maximum Gasteiger partial charge on any atom is 0.358 e. The van der Waals surface area contributed by atoms with Crippen LogP contribution in [-0.2, 0) is 9.53 Å². The van der Waals surface area contributed by atoms with E-state index in [1.54, 1.807) is 0 Å². The maximum atomic E-state index is 11.7. The van der Waals surface area contributed by atoms with Crippen LogP contribution in [0.5, 0.6) is 0 Å². The SMILES string of the molecule is CCCC[C@H](Cl)[C@@H](Cl)[C@H](OC(=O)C(Cl)(Cl)Cl)[C@H](Cl)CCC. The first-order valence-corrected chi connectivity index (χ1v) is 9.29. The molecule has 0 aromatic heterocycles. The van der Waals surface area contributed by atoms with Gasteiger partial charge < -0.3 is 4.74 Å². The second kappa shape index (κ2) is 10.9. The smallest absolute Gasteiger partial charge is 0.358 e. The van der Waals surface area contributed by atoms with Gasteiger partial charge in [-0.3, -0.25) is 0 Å². The van der Waals surface area contributed by atoms with Crippen LogP contribution in [0.1, 0.15) is 46.0 Å². The molecule has 0 heterocycles. The van der Waals surface area contributed by atoms with Crippen LogP contribution in [0.25, 0.3) is 0 Å². The van der Waals surface area contributed by atoms with Gasteiger partial charge in [-0.05, 0) is 12.8 Å². The van der Waals surface area contributed by atoms with Crippen molar-refractivity contribution >= 4 is 75.6 Å². The summed E-state index contributed by atoms with van der Waals surface area (Å²) in [5.74, 6) is -0.996. The Labute approximate surface area is 156 Å². The van der Waals surface area contributed by atoms with Gasteiger partial charge in [-0.25, -0.2) is 4.79 Å². The fourth-order valence-electron chi connectivity index (χ4n) is 1.73. The largest absolute Gasteiger partial charge is 0.456 e. The molecule has 0 saturated heterocycles. The van der Waals surface area contributed by atoms with Crippen LogP contribution in [0.3, 0.4) is 0 Å². The van der Waals surface area contributed by atoms with Crippen LogP contribution in [0, 0.1) is 0 Å². The fraction of sp³-hybridized carbons (Fsp3) is 0.923. The number of rotatable bonds is 9. The molecule has 0 unspecified atom stereocenters. The van der Waals surface area contributed by atoms with Gasteiger partial charge in [-0.2, -0.15) is 0 Å². The maximum absolute atomic E-state index is 11.7. The monoisotopic (exact) mass is 418 g/mol. The first-order chi connectivity index (χ1) is 9.65. The Balaban J connectivity index is 4.91. The van der Waals surface area contributed by atoms with E-state index in [4.69, 9.17) is 74.3 Å². The lowest BCUT2D eigenvalue weighted by atomic mass is 10.0. The molecule has 21 heavy (non-hydrogen) atoms. The van der Waals surface area contributed by atoms with Crippen LogP contribution in [0.4, 0.5) is 0 Å². The lowest BCUT2D eigenvalue weighted by Crippen LogP contribution is -2.42. The summed E-state index contributed by atoms with van der Waals surface area (Å²) in [6, 6.07) is 0. The van der Waals surface area contributed by atoms with Gasteiger partial charge in [-0.15, -0.1) is 34.8 Å². The summed E-state index contributed by atoms with van der Waals surface area (Å²) in [5.41, 5.74) is 0. The van der Waals surface area contributed by atoms with Gasteiger partial charge in [0.1, 0.15) is 6.10 Å². The molecule has 126 valence electrons. The van der Waals surface area contributed by atoms with E-state index >= 15 is 0 Å². The van der Waals surface area contributed by atoms with Crippen LogP contribution in [0.15, 0.2) is 0 Å². The summed E-state index contributed by atoms with van der Waals surface area (Å²) in [6.07, 6.45) is 3.22. The van der Waals surface area contributed by atoms with Crippen LogP contribution in [-0.4, -0.2) is 32.0 Å². The van der Waals surface area contributed by atoms with Crippen molar-refractivity contribution in [1.29, 1.82) is 0 Å². The Morgan fingerprint density at radius 1 is 1.00 bits per heavy atom. The summed E-state index contributed by atoms with van der Waals surface area (Å²) in [6.45, 7) is 4.01. The molecular weight excluding hydrogens is 401 g/mol. The number of hydrogen-bond donors (Lipinski definition) is 0. The van der Waals surface area contributed by atoms with E-state index in [2.05, 4.69) is 6.92 Å². The number of alkyl halides is 6. The van der Waals surface area contributed by atoms with Gasteiger partial charge in [0.25, 0.3) is 3.79 Å². The van der Waals surface area contributed by atoms with Gasteiger partial charge >= 0.3 is 5.97 Å². The summed E-state index contributed by atoms with van der Waals surface area (Å²) >= 11 is 35.4. The first kappa shape index (κ1) is 22.2. The summed E-state index contributed by atoms with van der Waals surface area (Å²) in [4.78, 5) is 11.7. The highest BCUT2D eigenvalue weighted by atomic mass is 35.6. The third kappa shape index (κ3) is 8.58. The lowest BCUT2D eigenvalue weighted by Gasteiger charge is -2.30. The molecule has 0 aromatic carbocycles. The van der Waals surface area contributed by atoms with E-state index in [1.165, 1.54) is 0 Å². The molecule has 0 saturated carbocycles. The van der Waals surface area contributed by atoms with Gasteiger partial charge in [0.15, 0.2) is 0 Å². The molecule has 0 radical (unpaired) electrons. The molecule has 0 spiro atoms. The number of halogens is 6. The van der Waals surface area contributed by atoms with E-state index in [1.807, 2.05) is 6.92 Å². The zero-order valence-electron chi connectivity index (χ0n) is 11.9. The molecule has 4 atom stereocenters. The minimum atomic E-state index is -2.16. The van der Waals surface area contributed by atoms with Gasteiger partial charge in [-0.1, -0.05) is 67.9 Å². The van der Waals surface area contributed by atoms with Gasteiger partial charge in [0.2, 0.25) is 0 Å². The Morgan fingerprint density at radius 3 is 2.00 bits per heavy atom. The highest BCUT2D eigenvalue weighted by Gasteiger charge is 2.40. The van der Waals surface area contributed by atoms with Crippen molar-refractivity contribution in [3.63, 3.8) is 0 Å². The average Bonchev–Trinajstić information content (AvgIpc) is 2.40. The predicted octanol–water partition coefficient (Wildman–Crippen LogP) is 6.08. The van der Waals surface area contributed by atoms with E-state index in [0.717, 1.165) is 19.3 Å². The normalized spacial score (nSPS) is 17.9. The molecule has 0 aromatic rings. The number of esters is 1. The topological polar surface area (TPSA) is 26.3 Å². The quantitative estimate of drug-likeness (QED) is 0.333. The Kier molecular flexibility index (Phi) is 11.5. The molecule has 0 aliphatic rings. The predicted molar refractivity (Wildman–Crippen MR) is 93.5 cm³/mol. The highest BCUT2D eigenvalue weighted by molar-refractivity contribution is 6.75. The molecular formula is C13H20Cl6O2. The minimum Gasteiger partial charge on any atom is -0.456 e. The van der Waals surface area contributed by atoms with Crippen molar-refractivity contribution in [2.75, 3.05) is 0 Å². The molecule has 8 heteroatoms. The van der Waals surface area contributed by atoms with Crippen molar-refractivity contribution in [3.05, 3.63) is 0 Å². The van der Waals surface area contributed by atoms with Crippen molar-refractivity contribution in [2.24, 2.45) is 0 Å².